The highest BCUT2D eigenvalue weighted by Crippen LogP contribution is 2.24. The van der Waals surface area contributed by atoms with Crippen molar-refractivity contribution in [2.75, 3.05) is 5.73 Å². The summed E-state index contributed by atoms with van der Waals surface area (Å²) in [6.07, 6.45) is 7.31. The van der Waals surface area contributed by atoms with E-state index in [1.807, 2.05) is 30.2 Å². The second kappa shape index (κ2) is 5.42. The number of aromatic nitrogens is 4. The largest absolute Gasteiger partial charge is 0.384 e. The van der Waals surface area contributed by atoms with Crippen molar-refractivity contribution in [2.24, 2.45) is 0 Å². The first-order chi connectivity index (χ1) is 9.74. The molecule has 0 saturated heterocycles. The van der Waals surface area contributed by atoms with Crippen molar-refractivity contribution in [3.63, 3.8) is 0 Å². The summed E-state index contributed by atoms with van der Waals surface area (Å²) in [4.78, 5) is 12.7. The average molecular weight is 285 g/mol. The Hall–Kier alpha value is -2.21. The van der Waals surface area contributed by atoms with Crippen molar-refractivity contribution < 1.29 is 0 Å². The van der Waals surface area contributed by atoms with Gasteiger partial charge in [-0.2, -0.15) is 0 Å². The van der Waals surface area contributed by atoms with Gasteiger partial charge in [-0.05, 0) is 12.1 Å². The lowest BCUT2D eigenvalue weighted by molar-refractivity contribution is 0.598. The molecule has 0 radical (unpaired) electrons. The summed E-state index contributed by atoms with van der Waals surface area (Å²) < 4.78 is 2.12. The van der Waals surface area contributed by atoms with E-state index >= 15 is 0 Å². The summed E-state index contributed by atoms with van der Waals surface area (Å²) in [6, 6.07) is 3.76. The van der Waals surface area contributed by atoms with Crippen molar-refractivity contribution in [1.82, 2.24) is 19.5 Å². The molecule has 0 aliphatic heterocycles. The van der Waals surface area contributed by atoms with E-state index in [4.69, 9.17) is 5.73 Å². The second-order valence-corrected chi connectivity index (χ2v) is 5.60. The molecule has 3 aromatic heterocycles. The first-order valence-corrected chi connectivity index (χ1v) is 7.23. The van der Waals surface area contributed by atoms with Gasteiger partial charge >= 0.3 is 0 Å². The number of nitrogens with zero attached hydrogens (tertiary/aromatic N) is 4. The van der Waals surface area contributed by atoms with E-state index in [0.717, 1.165) is 22.8 Å². The summed E-state index contributed by atoms with van der Waals surface area (Å²) in [6.45, 7) is 3.01. The zero-order chi connectivity index (χ0) is 13.9. The van der Waals surface area contributed by atoms with Crippen LogP contribution in [0.5, 0.6) is 0 Å². The van der Waals surface area contributed by atoms with Crippen LogP contribution in [0.1, 0.15) is 17.8 Å². The Labute approximate surface area is 121 Å². The molecule has 20 heavy (non-hydrogen) atoms. The van der Waals surface area contributed by atoms with Gasteiger partial charge in [-0.15, -0.1) is 11.3 Å². The Balaban J connectivity index is 1.85. The number of anilines is 1. The first-order valence-electron chi connectivity index (χ1n) is 6.35. The summed E-state index contributed by atoms with van der Waals surface area (Å²) >= 11 is 1.68. The molecule has 3 aromatic rings. The molecule has 6 heteroatoms. The topological polar surface area (TPSA) is 69.6 Å². The summed E-state index contributed by atoms with van der Waals surface area (Å²) in [5.74, 6) is 0.876. The molecular formula is C14H15N5S. The van der Waals surface area contributed by atoms with Crippen LogP contribution in [0.2, 0.25) is 0 Å². The van der Waals surface area contributed by atoms with Crippen LogP contribution in [0.25, 0.3) is 11.3 Å². The van der Waals surface area contributed by atoms with Gasteiger partial charge < -0.3 is 10.3 Å². The maximum absolute atomic E-state index is 5.62. The molecule has 0 aromatic carbocycles. The van der Waals surface area contributed by atoms with Crippen molar-refractivity contribution in [3.8, 4) is 11.3 Å². The fourth-order valence-electron chi connectivity index (χ4n) is 2.11. The van der Waals surface area contributed by atoms with E-state index in [1.165, 1.54) is 0 Å². The quantitative estimate of drug-likeness (QED) is 0.800. The number of nitrogen functional groups attached to an aromatic ring is 1. The summed E-state index contributed by atoms with van der Waals surface area (Å²) in [5.41, 5.74) is 7.68. The Kier molecular flexibility index (Phi) is 3.47. The van der Waals surface area contributed by atoms with E-state index in [9.17, 15) is 0 Å². The van der Waals surface area contributed by atoms with Gasteiger partial charge in [0.25, 0.3) is 0 Å². The highest BCUT2D eigenvalue weighted by Gasteiger charge is 2.12. The smallest absolute Gasteiger partial charge is 0.123 e. The van der Waals surface area contributed by atoms with Crippen molar-refractivity contribution >= 4 is 17.2 Å². The molecular weight excluding hydrogens is 270 g/mol. The molecule has 3 heterocycles. The minimum atomic E-state index is 0.352. The van der Waals surface area contributed by atoms with Crippen molar-refractivity contribution in [2.45, 2.75) is 19.4 Å². The van der Waals surface area contributed by atoms with Gasteiger partial charge in [-0.25, -0.2) is 15.0 Å². The third-order valence-corrected chi connectivity index (χ3v) is 4.15. The van der Waals surface area contributed by atoms with Gasteiger partial charge in [-0.3, -0.25) is 0 Å². The van der Waals surface area contributed by atoms with E-state index in [0.29, 0.717) is 11.7 Å². The molecule has 102 valence electrons. The van der Waals surface area contributed by atoms with Crippen LogP contribution in [0.15, 0.2) is 42.4 Å². The van der Waals surface area contributed by atoms with Crippen LogP contribution in [0.3, 0.4) is 0 Å². The highest BCUT2D eigenvalue weighted by molar-refractivity contribution is 7.09. The average Bonchev–Trinajstić information content (AvgIpc) is 3.10. The number of imidazole rings is 1. The normalized spacial score (nSPS) is 12.4. The minimum absolute atomic E-state index is 0.352. The van der Waals surface area contributed by atoms with Crippen LogP contribution in [0, 0.1) is 0 Å². The SMILES string of the molecule is CC(Cn1cncc1-c1ccc(N)nc1)c1nccs1. The molecule has 0 spiro atoms. The Morgan fingerprint density at radius 3 is 2.90 bits per heavy atom. The third kappa shape index (κ3) is 2.55. The number of nitrogens with two attached hydrogens (primary N) is 1. The number of thiazole rings is 1. The minimum Gasteiger partial charge on any atom is -0.384 e. The van der Waals surface area contributed by atoms with Crippen LogP contribution in [-0.4, -0.2) is 19.5 Å². The molecule has 0 aliphatic carbocycles. The lowest BCUT2D eigenvalue weighted by Gasteiger charge is -2.12. The van der Waals surface area contributed by atoms with Gasteiger partial charge in [-0.1, -0.05) is 6.92 Å². The molecule has 0 bridgehead atoms. The Morgan fingerprint density at radius 1 is 1.30 bits per heavy atom. The summed E-state index contributed by atoms with van der Waals surface area (Å²) in [7, 11) is 0. The number of rotatable bonds is 4. The van der Waals surface area contributed by atoms with E-state index in [1.54, 1.807) is 23.6 Å². The predicted molar refractivity (Wildman–Crippen MR) is 80.4 cm³/mol. The Morgan fingerprint density at radius 2 is 2.20 bits per heavy atom. The Bertz CT molecular complexity index is 672. The molecule has 1 unspecified atom stereocenters. The van der Waals surface area contributed by atoms with Gasteiger partial charge in [0.05, 0.1) is 23.2 Å². The van der Waals surface area contributed by atoms with Crippen LogP contribution in [0.4, 0.5) is 5.82 Å². The molecule has 0 saturated carbocycles. The molecule has 5 nitrogen and oxygen atoms in total. The highest BCUT2D eigenvalue weighted by atomic mass is 32.1. The van der Waals surface area contributed by atoms with E-state index < -0.39 is 0 Å². The lowest BCUT2D eigenvalue weighted by atomic mass is 10.1. The van der Waals surface area contributed by atoms with Gasteiger partial charge in [0.1, 0.15) is 5.82 Å². The molecule has 2 N–H and O–H groups in total. The van der Waals surface area contributed by atoms with Crippen LogP contribution < -0.4 is 5.73 Å². The second-order valence-electron chi connectivity index (χ2n) is 4.67. The maximum Gasteiger partial charge on any atom is 0.123 e. The van der Waals surface area contributed by atoms with Crippen molar-refractivity contribution in [1.29, 1.82) is 0 Å². The van der Waals surface area contributed by atoms with E-state index in [2.05, 4.69) is 26.4 Å². The molecule has 3 rings (SSSR count). The fraction of sp³-hybridized carbons (Fsp3) is 0.214. The number of hydrogen-bond acceptors (Lipinski definition) is 5. The van der Waals surface area contributed by atoms with Gasteiger partial charge in [0, 0.05) is 35.8 Å². The molecule has 0 aliphatic rings. The zero-order valence-corrected chi connectivity index (χ0v) is 11.9. The third-order valence-electron chi connectivity index (χ3n) is 3.14. The lowest BCUT2D eigenvalue weighted by Crippen LogP contribution is -2.06. The number of pyridine rings is 1. The fourth-order valence-corrected chi connectivity index (χ4v) is 2.80. The predicted octanol–water partition coefficient (Wildman–Crippen LogP) is 2.79. The number of hydrogen-bond donors (Lipinski definition) is 1. The standard InChI is InChI=1S/C14H15N5S/c1-10(14-17-4-5-20-14)8-19-9-16-7-12(19)11-2-3-13(15)18-6-11/h2-7,9-10H,8H2,1H3,(H2,15,18). The van der Waals surface area contributed by atoms with Crippen LogP contribution in [-0.2, 0) is 6.54 Å². The van der Waals surface area contributed by atoms with Crippen LogP contribution >= 0.6 is 11.3 Å². The molecule has 0 fully saturated rings. The zero-order valence-electron chi connectivity index (χ0n) is 11.1. The molecule has 1 atom stereocenters. The van der Waals surface area contributed by atoms with Gasteiger partial charge in [0.15, 0.2) is 0 Å². The van der Waals surface area contributed by atoms with Gasteiger partial charge in [0.2, 0.25) is 0 Å². The maximum atomic E-state index is 5.62. The first kappa shape index (κ1) is 12.8. The molecule has 0 amide bonds. The summed E-state index contributed by atoms with van der Waals surface area (Å²) in [5, 5.41) is 3.14. The monoisotopic (exact) mass is 285 g/mol. The van der Waals surface area contributed by atoms with Crippen molar-refractivity contribution in [3.05, 3.63) is 47.4 Å². The van der Waals surface area contributed by atoms with E-state index in [-0.39, 0.29) is 0 Å².